The van der Waals surface area contributed by atoms with E-state index < -0.39 is 0 Å². The van der Waals surface area contributed by atoms with Gasteiger partial charge in [0.05, 0.1) is 23.0 Å². The van der Waals surface area contributed by atoms with Crippen LogP contribution in [0.15, 0.2) is 17.5 Å². The molecule has 6 heteroatoms. The second-order valence-corrected chi connectivity index (χ2v) is 5.12. The molecular formula is C13H18N4OS. The molecule has 5 nitrogen and oxygen atoms in total. The van der Waals surface area contributed by atoms with Crippen molar-refractivity contribution in [2.45, 2.75) is 20.3 Å². The zero-order valence-electron chi connectivity index (χ0n) is 11.1. The highest BCUT2D eigenvalue weighted by atomic mass is 32.1. The van der Waals surface area contributed by atoms with Crippen molar-refractivity contribution in [3.8, 4) is 5.88 Å². The van der Waals surface area contributed by atoms with Crippen LogP contribution < -0.4 is 15.8 Å². The molecular weight excluding hydrogens is 260 g/mol. The summed E-state index contributed by atoms with van der Waals surface area (Å²) in [5.74, 6) is 1.25. The van der Waals surface area contributed by atoms with Gasteiger partial charge >= 0.3 is 0 Å². The Balaban J connectivity index is 1.90. The number of nitrogens with one attached hydrogen (secondary N) is 1. The molecule has 0 aliphatic rings. The van der Waals surface area contributed by atoms with Gasteiger partial charge in [0.1, 0.15) is 5.82 Å². The standard InChI is InChI=1S/C13H18N4OS/c1-3-18-13-11(14)4-5-12(17-13)15-7-6-10-8-19-9(2)16-10/h4-5,8H,3,6-7,14H2,1-2H3,(H,15,17). The summed E-state index contributed by atoms with van der Waals surface area (Å²) in [6, 6.07) is 3.65. The maximum Gasteiger partial charge on any atom is 0.239 e. The average Bonchev–Trinajstić information content (AvgIpc) is 2.79. The Morgan fingerprint density at radius 3 is 2.89 bits per heavy atom. The van der Waals surface area contributed by atoms with E-state index in [0.717, 1.165) is 29.5 Å². The van der Waals surface area contributed by atoms with Crippen molar-refractivity contribution in [3.05, 3.63) is 28.2 Å². The molecule has 19 heavy (non-hydrogen) atoms. The number of hydrogen-bond donors (Lipinski definition) is 2. The molecule has 0 atom stereocenters. The summed E-state index contributed by atoms with van der Waals surface area (Å²) >= 11 is 1.67. The summed E-state index contributed by atoms with van der Waals surface area (Å²) in [6.07, 6.45) is 0.875. The van der Waals surface area contributed by atoms with E-state index >= 15 is 0 Å². The van der Waals surface area contributed by atoms with Crippen LogP contribution in [0.5, 0.6) is 5.88 Å². The second-order valence-electron chi connectivity index (χ2n) is 4.06. The molecule has 0 fully saturated rings. The van der Waals surface area contributed by atoms with Crippen molar-refractivity contribution in [2.24, 2.45) is 0 Å². The number of nitrogen functional groups attached to an aromatic ring is 1. The number of nitrogens with two attached hydrogens (primary N) is 1. The number of anilines is 2. The predicted octanol–water partition coefficient (Wildman–Crippen LogP) is 2.48. The van der Waals surface area contributed by atoms with Crippen molar-refractivity contribution < 1.29 is 4.74 Å². The molecule has 0 aromatic carbocycles. The molecule has 102 valence electrons. The molecule has 0 saturated heterocycles. The first-order chi connectivity index (χ1) is 9.19. The number of rotatable bonds is 6. The molecule has 0 unspecified atom stereocenters. The zero-order valence-corrected chi connectivity index (χ0v) is 12.0. The monoisotopic (exact) mass is 278 g/mol. The molecule has 3 N–H and O–H groups in total. The third-order valence-electron chi connectivity index (χ3n) is 2.52. The quantitative estimate of drug-likeness (QED) is 0.849. The minimum absolute atomic E-state index is 0.483. The van der Waals surface area contributed by atoms with Crippen LogP contribution in [0.1, 0.15) is 17.6 Å². The number of aryl methyl sites for hydroxylation is 1. The van der Waals surface area contributed by atoms with Crippen molar-refractivity contribution in [1.82, 2.24) is 9.97 Å². The molecule has 0 aliphatic heterocycles. The third kappa shape index (κ3) is 3.82. The van der Waals surface area contributed by atoms with Crippen LogP contribution >= 0.6 is 11.3 Å². The summed E-state index contributed by atoms with van der Waals surface area (Å²) in [6.45, 7) is 5.26. The molecule has 2 rings (SSSR count). The summed E-state index contributed by atoms with van der Waals surface area (Å²) in [7, 11) is 0. The first-order valence-electron chi connectivity index (χ1n) is 6.23. The lowest BCUT2D eigenvalue weighted by Crippen LogP contribution is -2.08. The van der Waals surface area contributed by atoms with E-state index in [-0.39, 0.29) is 0 Å². The van der Waals surface area contributed by atoms with Gasteiger partial charge in [-0.2, -0.15) is 4.98 Å². The molecule has 0 radical (unpaired) electrons. The highest BCUT2D eigenvalue weighted by Crippen LogP contribution is 2.20. The van der Waals surface area contributed by atoms with Crippen LogP contribution in [-0.4, -0.2) is 23.1 Å². The first-order valence-corrected chi connectivity index (χ1v) is 7.11. The highest BCUT2D eigenvalue weighted by Gasteiger charge is 2.04. The molecule has 2 heterocycles. The fourth-order valence-corrected chi connectivity index (χ4v) is 2.29. The molecule has 0 spiro atoms. The Morgan fingerprint density at radius 2 is 2.21 bits per heavy atom. The maximum absolute atomic E-state index is 5.77. The Hall–Kier alpha value is -1.82. The Morgan fingerprint density at radius 1 is 1.37 bits per heavy atom. The lowest BCUT2D eigenvalue weighted by Gasteiger charge is -2.09. The lowest BCUT2D eigenvalue weighted by atomic mass is 10.3. The van der Waals surface area contributed by atoms with Crippen molar-refractivity contribution in [3.63, 3.8) is 0 Å². The van der Waals surface area contributed by atoms with Crippen molar-refractivity contribution >= 4 is 22.8 Å². The largest absolute Gasteiger partial charge is 0.476 e. The van der Waals surface area contributed by atoms with E-state index in [0.29, 0.717) is 18.2 Å². The van der Waals surface area contributed by atoms with Gasteiger partial charge in [0.2, 0.25) is 5.88 Å². The molecule has 0 amide bonds. The average molecular weight is 278 g/mol. The number of thiazole rings is 1. The van der Waals surface area contributed by atoms with Crippen molar-refractivity contribution in [2.75, 3.05) is 24.2 Å². The van der Waals surface area contributed by atoms with Gasteiger partial charge in [0.15, 0.2) is 0 Å². The van der Waals surface area contributed by atoms with Gasteiger partial charge in [-0.3, -0.25) is 0 Å². The molecule has 0 saturated carbocycles. The van der Waals surface area contributed by atoms with Gasteiger partial charge in [-0.1, -0.05) is 0 Å². The zero-order chi connectivity index (χ0) is 13.7. The van der Waals surface area contributed by atoms with Crippen LogP contribution in [0.25, 0.3) is 0 Å². The van der Waals surface area contributed by atoms with E-state index in [4.69, 9.17) is 10.5 Å². The van der Waals surface area contributed by atoms with E-state index in [2.05, 4.69) is 20.7 Å². The molecule has 0 aliphatic carbocycles. The number of ether oxygens (including phenoxy) is 1. The summed E-state index contributed by atoms with van der Waals surface area (Å²) in [5.41, 5.74) is 7.44. The van der Waals surface area contributed by atoms with Gasteiger partial charge < -0.3 is 15.8 Å². The number of pyridine rings is 1. The predicted molar refractivity (Wildman–Crippen MR) is 78.9 cm³/mol. The number of nitrogens with zero attached hydrogens (tertiary/aromatic N) is 2. The van der Waals surface area contributed by atoms with Crippen LogP contribution in [0, 0.1) is 6.92 Å². The fraction of sp³-hybridized carbons (Fsp3) is 0.385. The molecule has 0 bridgehead atoms. The van der Waals surface area contributed by atoms with E-state index in [1.54, 1.807) is 17.4 Å². The smallest absolute Gasteiger partial charge is 0.239 e. The molecule has 2 aromatic rings. The van der Waals surface area contributed by atoms with E-state index in [9.17, 15) is 0 Å². The summed E-state index contributed by atoms with van der Waals surface area (Å²) < 4.78 is 5.36. The Kier molecular flexibility index (Phi) is 4.57. The summed E-state index contributed by atoms with van der Waals surface area (Å²) in [4.78, 5) is 8.74. The SMILES string of the molecule is CCOc1nc(NCCc2csc(C)n2)ccc1N. The van der Waals surface area contributed by atoms with Crippen LogP contribution in [0.4, 0.5) is 11.5 Å². The molecule has 2 aromatic heterocycles. The lowest BCUT2D eigenvalue weighted by molar-refractivity contribution is 0.329. The van der Waals surface area contributed by atoms with Crippen LogP contribution in [0.3, 0.4) is 0 Å². The number of aromatic nitrogens is 2. The van der Waals surface area contributed by atoms with E-state index in [1.807, 2.05) is 19.9 Å². The third-order valence-corrected chi connectivity index (χ3v) is 3.35. The topological polar surface area (TPSA) is 73.1 Å². The van der Waals surface area contributed by atoms with Gasteiger partial charge in [0, 0.05) is 18.3 Å². The Labute approximate surface area is 116 Å². The minimum atomic E-state index is 0.483. The van der Waals surface area contributed by atoms with Gasteiger partial charge in [-0.15, -0.1) is 11.3 Å². The fourth-order valence-electron chi connectivity index (χ4n) is 1.64. The van der Waals surface area contributed by atoms with Gasteiger partial charge in [-0.25, -0.2) is 4.98 Å². The Bertz CT molecular complexity index is 541. The van der Waals surface area contributed by atoms with Crippen molar-refractivity contribution in [1.29, 1.82) is 0 Å². The summed E-state index contributed by atoms with van der Waals surface area (Å²) in [5, 5.41) is 6.43. The van der Waals surface area contributed by atoms with Gasteiger partial charge in [-0.05, 0) is 26.0 Å². The van der Waals surface area contributed by atoms with E-state index in [1.165, 1.54) is 0 Å². The van der Waals surface area contributed by atoms with Crippen LogP contribution in [0.2, 0.25) is 0 Å². The highest BCUT2D eigenvalue weighted by molar-refractivity contribution is 7.09. The number of hydrogen-bond acceptors (Lipinski definition) is 6. The second kappa shape index (κ2) is 6.38. The maximum atomic E-state index is 5.77. The minimum Gasteiger partial charge on any atom is -0.476 e. The normalized spacial score (nSPS) is 10.4. The first kappa shape index (κ1) is 13.6. The van der Waals surface area contributed by atoms with Crippen LogP contribution in [-0.2, 0) is 6.42 Å². The van der Waals surface area contributed by atoms with Gasteiger partial charge in [0.25, 0.3) is 0 Å².